The van der Waals surface area contributed by atoms with E-state index in [2.05, 4.69) is 5.32 Å². The highest BCUT2D eigenvalue weighted by atomic mass is 35.5. The molecular formula is C19H28Cl2N2O2. The van der Waals surface area contributed by atoms with Crippen LogP contribution < -0.4 is 11.1 Å². The molecule has 1 saturated carbocycles. The summed E-state index contributed by atoms with van der Waals surface area (Å²) < 4.78 is 5.69. The number of amides is 1. The molecule has 2 unspecified atom stereocenters. The Morgan fingerprint density at radius 1 is 1.36 bits per heavy atom. The Labute approximate surface area is 160 Å². The summed E-state index contributed by atoms with van der Waals surface area (Å²) in [5.74, 6) is -0.162. The van der Waals surface area contributed by atoms with E-state index in [0.717, 1.165) is 5.56 Å². The first-order valence-electron chi connectivity index (χ1n) is 8.60. The Morgan fingerprint density at radius 2 is 1.92 bits per heavy atom. The minimum atomic E-state index is -0.937. The van der Waals surface area contributed by atoms with Crippen molar-refractivity contribution in [2.24, 2.45) is 11.1 Å². The minimum Gasteiger partial charge on any atom is -0.378 e. The van der Waals surface area contributed by atoms with Crippen molar-refractivity contribution in [1.29, 1.82) is 0 Å². The molecule has 0 radical (unpaired) electrons. The molecule has 0 aliphatic heterocycles. The molecule has 1 aromatic rings. The van der Waals surface area contributed by atoms with E-state index in [0.29, 0.717) is 29.6 Å². The molecule has 1 aliphatic rings. The number of hydrogen-bond acceptors (Lipinski definition) is 3. The van der Waals surface area contributed by atoms with E-state index in [1.54, 1.807) is 12.1 Å². The number of halogens is 2. The maximum absolute atomic E-state index is 12.8. The van der Waals surface area contributed by atoms with E-state index in [9.17, 15) is 4.79 Å². The molecule has 6 heteroatoms. The van der Waals surface area contributed by atoms with Gasteiger partial charge in [-0.1, -0.05) is 57.0 Å². The second-order valence-electron chi connectivity index (χ2n) is 8.00. The highest BCUT2D eigenvalue weighted by molar-refractivity contribution is 6.36. The van der Waals surface area contributed by atoms with Crippen LogP contribution in [0.2, 0.25) is 10.0 Å². The summed E-state index contributed by atoms with van der Waals surface area (Å²) in [5.41, 5.74) is 5.48. The molecule has 2 atom stereocenters. The topological polar surface area (TPSA) is 64.3 Å². The number of carbonyl (C=O) groups is 1. The molecular weight excluding hydrogens is 359 g/mol. The fraction of sp³-hybridized carbons (Fsp3) is 0.632. The van der Waals surface area contributed by atoms with Crippen LogP contribution in [0, 0.1) is 5.41 Å². The predicted octanol–water partition coefficient (Wildman–Crippen LogP) is 3.92. The van der Waals surface area contributed by atoms with Gasteiger partial charge in [0, 0.05) is 40.4 Å². The highest BCUT2D eigenvalue weighted by Crippen LogP contribution is 2.50. The third-order valence-electron chi connectivity index (χ3n) is 5.57. The van der Waals surface area contributed by atoms with E-state index >= 15 is 0 Å². The van der Waals surface area contributed by atoms with E-state index in [4.69, 9.17) is 33.7 Å². The van der Waals surface area contributed by atoms with Gasteiger partial charge in [0.2, 0.25) is 5.91 Å². The fourth-order valence-corrected chi connectivity index (χ4v) is 4.42. The van der Waals surface area contributed by atoms with Gasteiger partial charge in [0.25, 0.3) is 0 Å². The van der Waals surface area contributed by atoms with Gasteiger partial charge in [0.15, 0.2) is 0 Å². The maximum Gasteiger partial charge on any atom is 0.240 e. The summed E-state index contributed by atoms with van der Waals surface area (Å²) in [7, 11) is 0. The average molecular weight is 387 g/mol. The van der Waals surface area contributed by atoms with Crippen LogP contribution in [-0.2, 0) is 14.9 Å². The Hall–Kier alpha value is -0.810. The Bertz CT molecular complexity index is 641. The standard InChI is InChI=1S/C19H28Cl2N2O2/c1-6-25-14-10-19(22,18(14,4)5)16(24)23-11-17(2,3)15-12(20)8-7-9-13(15)21/h7-9,14H,6,10-11,22H2,1-5H3,(H,23,24). The van der Waals surface area contributed by atoms with Crippen LogP contribution in [0.15, 0.2) is 18.2 Å². The van der Waals surface area contributed by atoms with Crippen LogP contribution in [-0.4, -0.2) is 30.7 Å². The average Bonchev–Trinajstić information content (AvgIpc) is 2.51. The van der Waals surface area contributed by atoms with Crippen molar-refractivity contribution in [2.45, 2.75) is 58.1 Å². The molecule has 25 heavy (non-hydrogen) atoms. The third kappa shape index (κ3) is 3.55. The smallest absolute Gasteiger partial charge is 0.240 e. The van der Waals surface area contributed by atoms with Gasteiger partial charge in [-0.2, -0.15) is 0 Å². The van der Waals surface area contributed by atoms with Crippen LogP contribution in [0.25, 0.3) is 0 Å². The molecule has 0 heterocycles. The molecule has 1 amide bonds. The van der Waals surface area contributed by atoms with Crippen molar-refractivity contribution in [2.75, 3.05) is 13.2 Å². The molecule has 0 bridgehead atoms. The number of carbonyl (C=O) groups excluding carboxylic acids is 1. The van der Waals surface area contributed by atoms with Gasteiger partial charge in [-0.25, -0.2) is 0 Å². The molecule has 2 rings (SSSR count). The van der Waals surface area contributed by atoms with Crippen LogP contribution in [0.4, 0.5) is 0 Å². The van der Waals surface area contributed by atoms with Crippen molar-refractivity contribution in [3.63, 3.8) is 0 Å². The monoisotopic (exact) mass is 386 g/mol. The first-order chi connectivity index (χ1) is 11.5. The zero-order chi connectivity index (χ0) is 19.0. The van der Waals surface area contributed by atoms with Crippen molar-refractivity contribution in [1.82, 2.24) is 5.32 Å². The maximum atomic E-state index is 12.8. The Kier molecular flexibility index (Phi) is 5.80. The van der Waals surface area contributed by atoms with Gasteiger partial charge >= 0.3 is 0 Å². The quantitative estimate of drug-likeness (QED) is 0.778. The first-order valence-corrected chi connectivity index (χ1v) is 9.36. The lowest BCUT2D eigenvalue weighted by molar-refractivity contribution is -0.170. The highest BCUT2D eigenvalue weighted by Gasteiger charge is 2.62. The molecule has 1 fully saturated rings. The number of benzene rings is 1. The first kappa shape index (κ1) is 20.5. The van der Waals surface area contributed by atoms with Gasteiger partial charge in [-0.15, -0.1) is 0 Å². The summed E-state index contributed by atoms with van der Waals surface area (Å²) in [6.07, 6.45) is 0.520. The number of nitrogens with one attached hydrogen (secondary N) is 1. The number of hydrogen-bond donors (Lipinski definition) is 2. The molecule has 1 aliphatic carbocycles. The van der Waals surface area contributed by atoms with Crippen LogP contribution in [0.5, 0.6) is 0 Å². The molecule has 140 valence electrons. The van der Waals surface area contributed by atoms with Crippen molar-refractivity contribution < 1.29 is 9.53 Å². The Balaban J connectivity index is 2.10. The number of nitrogens with two attached hydrogens (primary N) is 1. The lowest BCUT2D eigenvalue weighted by atomic mass is 9.54. The van der Waals surface area contributed by atoms with E-state index in [-0.39, 0.29) is 12.0 Å². The molecule has 1 aromatic carbocycles. The van der Waals surface area contributed by atoms with Crippen molar-refractivity contribution in [3.8, 4) is 0 Å². The van der Waals surface area contributed by atoms with E-state index in [1.165, 1.54) is 0 Å². The zero-order valence-corrected chi connectivity index (χ0v) is 17.1. The largest absolute Gasteiger partial charge is 0.378 e. The Morgan fingerprint density at radius 3 is 2.40 bits per heavy atom. The van der Waals surface area contributed by atoms with Gasteiger partial charge in [0.1, 0.15) is 5.54 Å². The van der Waals surface area contributed by atoms with Gasteiger partial charge < -0.3 is 15.8 Å². The molecule has 3 N–H and O–H groups in total. The zero-order valence-electron chi connectivity index (χ0n) is 15.6. The van der Waals surface area contributed by atoms with Crippen LogP contribution >= 0.6 is 23.2 Å². The van der Waals surface area contributed by atoms with Gasteiger partial charge in [0.05, 0.1) is 6.10 Å². The predicted molar refractivity (Wildman–Crippen MR) is 103 cm³/mol. The van der Waals surface area contributed by atoms with Crippen LogP contribution in [0.1, 0.15) is 46.6 Å². The summed E-state index contributed by atoms with van der Waals surface area (Å²) in [6, 6.07) is 5.42. The molecule has 0 spiro atoms. The van der Waals surface area contributed by atoms with Crippen molar-refractivity contribution >= 4 is 29.1 Å². The molecule has 4 nitrogen and oxygen atoms in total. The summed E-state index contributed by atoms with van der Waals surface area (Å²) in [5, 5.41) is 4.18. The second-order valence-corrected chi connectivity index (χ2v) is 8.82. The third-order valence-corrected chi connectivity index (χ3v) is 6.20. The van der Waals surface area contributed by atoms with Crippen molar-refractivity contribution in [3.05, 3.63) is 33.8 Å². The minimum absolute atomic E-state index is 0.000674. The van der Waals surface area contributed by atoms with E-state index in [1.807, 2.05) is 40.7 Å². The fourth-order valence-electron chi connectivity index (χ4n) is 3.51. The second kappa shape index (κ2) is 7.07. The number of ether oxygens (including phenoxy) is 1. The number of rotatable bonds is 6. The summed E-state index contributed by atoms with van der Waals surface area (Å²) in [4.78, 5) is 12.8. The molecule has 0 aromatic heterocycles. The lowest BCUT2D eigenvalue weighted by Gasteiger charge is -2.57. The van der Waals surface area contributed by atoms with E-state index < -0.39 is 16.4 Å². The van der Waals surface area contributed by atoms with Gasteiger partial charge in [-0.3, -0.25) is 4.79 Å². The van der Waals surface area contributed by atoms with Gasteiger partial charge in [-0.05, 0) is 24.6 Å². The summed E-state index contributed by atoms with van der Waals surface area (Å²) >= 11 is 12.6. The molecule has 0 saturated heterocycles. The summed E-state index contributed by atoms with van der Waals surface area (Å²) in [6.45, 7) is 10.9. The SMILES string of the molecule is CCOC1CC(N)(C(=O)NCC(C)(C)c2c(Cl)cccc2Cl)C1(C)C. The normalized spacial score (nSPS) is 25.4. The lowest BCUT2D eigenvalue weighted by Crippen LogP contribution is -2.76. The van der Waals surface area contributed by atoms with Crippen LogP contribution in [0.3, 0.4) is 0 Å².